The minimum atomic E-state index is -4.58. The number of hydrogen-bond donors (Lipinski definition) is 3. The lowest BCUT2D eigenvalue weighted by molar-refractivity contribution is -0.139. The number of aryl methyl sites for hydroxylation is 3. The predicted octanol–water partition coefficient (Wildman–Crippen LogP) is 3.88. The second-order valence-corrected chi connectivity index (χ2v) is 8.37. The molecule has 0 fully saturated rings. The number of Topliss-reactive ketones (excluding diaryl/α,β-unsaturated/α-hetero) is 1. The van der Waals surface area contributed by atoms with Gasteiger partial charge < -0.3 is 20.7 Å². The molecule has 3 rings (SSSR count). The van der Waals surface area contributed by atoms with Gasteiger partial charge in [-0.3, -0.25) is 4.79 Å². The molecule has 0 heterocycles. The molecule has 0 spiro atoms. The number of carbonyl (C=O) groups is 1. The molecule has 0 aliphatic heterocycles. The van der Waals surface area contributed by atoms with Gasteiger partial charge in [-0.1, -0.05) is 24.3 Å². The first-order valence-electron chi connectivity index (χ1n) is 10.6. The summed E-state index contributed by atoms with van der Waals surface area (Å²) < 4.78 is 46.1. The maximum Gasteiger partial charge on any atom is 0.419 e. The molecule has 1 aliphatic rings. The summed E-state index contributed by atoms with van der Waals surface area (Å²) >= 11 is 0. The Balaban J connectivity index is 0.00000385. The standard InChI is InChI=1S/C24H28F3NO4.ClH/c25-24(26,27)20-13-17(9-10-23(28,14-29)15-30)4-8-22(20)32-11-1-2-16-3-6-19-18(12-16)5-7-21(19)31;/h3-4,6,8,12-13,29-30H,1-2,5,7,9-11,14-15,28H2;1H. The van der Waals surface area contributed by atoms with Crippen LogP contribution in [0.3, 0.4) is 0 Å². The van der Waals surface area contributed by atoms with E-state index in [-0.39, 0.29) is 43.4 Å². The van der Waals surface area contributed by atoms with Crippen molar-refractivity contribution < 1.29 is 32.9 Å². The summed E-state index contributed by atoms with van der Waals surface area (Å²) in [4.78, 5) is 11.7. The molecule has 2 aromatic rings. The monoisotopic (exact) mass is 487 g/mol. The first-order valence-corrected chi connectivity index (χ1v) is 10.6. The van der Waals surface area contributed by atoms with Gasteiger partial charge in [-0.05, 0) is 60.9 Å². The van der Waals surface area contributed by atoms with Crippen molar-refractivity contribution in [2.45, 2.75) is 50.2 Å². The lowest BCUT2D eigenvalue weighted by Gasteiger charge is -2.24. The lowest BCUT2D eigenvalue weighted by atomic mass is 9.93. The van der Waals surface area contributed by atoms with Crippen molar-refractivity contribution in [2.75, 3.05) is 19.8 Å². The molecule has 9 heteroatoms. The van der Waals surface area contributed by atoms with E-state index in [1.54, 1.807) is 0 Å². The Bertz CT molecular complexity index is 961. The number of nitrogens with two attached hydrogens (primary N) is 1. The van der Waals surface area contributed by atoms with Crippen LogP contribution < -0.4 is 10.5 Å². The molecule has 0 bridgehead atoms. The highest BCUT2D eigenvalue weighted by Gasteiger charge is 2.35. The third-order valence-electron chi connectivity index (χ3n) is 5.85. The van der Waals surface area contributed by atoms with Crippen LogP contribution in [-0.4, -0.2) is 41.4 Å². The molecule has 0 aromatic heterocycles. The number of ketones is 1. The second-order valence-electron chi connectivity index (χ2n) is 8.37. The molecule has 182 valence electrons. The summed E-state index contributed by atoms with van der Waals surface area (Å²) in [7, 11) is 0. The van der Waals surface area contributed by atoms with Gasteiger partial charge in [0.1, 0.15) is 5.75 Å². The minimum absolute atomic E-state index is 0. The SMILES string of the molecule is Cl.NC(CO)(CO)CCc1ccc(OCCCc2ccc3c(c2)CCC3=O)c(C(F)(F)F)c1. The highest BCUT2D eigenvalue weighted by Crippen LogP contribution is 2.37. The van der Waals surface area contributed by atoms with Crippen molar-refractivity contribution >= 4 is 18.2 Å². The van der Waals surface area contributed by atoms with E-state index in [2.05, 4.69) is 0 Å². The van der Waals surface area contributed by atoms with Gasteiger partial charge in [0.05, 0.1) is 30.9 Å². The fourth-order valence-corrected chi connectivity index (χ4v) is 3.80. The van der Waals surface area contributed by atoms with Crippen LogP contribution in [0.1, 0.15) is 51.9 Å². The summed E-state index contributed by atoms with van der Waals surface area (Å²) in [6.07, 6.45) is -1.81. The van der Waals surface area contributed by atoms with Gasteiger partial charge in [0.25, 0.3) is 0 Å². The van der Waals surface area contributed by atoms with E-state index < -0.39 is 30.5 Å². The third-order valence-corrected chi connectivity index (χ3v) is 5.85. The van der Waals surface area contributed by atoms with Crippen molar-refractivity contribution in [1.82, 2.24) is 0 Å². The van der Waals surface area contributed by atoms with E-state index in [4.69, 9.17) is 10.5 Å². The van der Waals surface area contributed by atoms with Gasteiger partial charge in [0, 0.05) is 12.0 Å². The Kier molecular flexibility index (Phi) is 9.31. The normalized spacial score (nSPS) is 13.6. The van der Waals surface area contributed by atoms with Crippen molar-refractivity contribution in [1.29, 1.82) is 0 Å². The molecule has 0 saturated heterocycles. The molecular formula is C24H29ClF3NO4. The van der Waals surface area contributed by atoms with Gasteiger partial charge >= 0.3 is 6.18 Å². The zero-order chi connectivity index (χ0) is 23.4. The van der Waals surface area contributed by atoms with E-state index >= 15 is 0 Å². The van der Waals surface area contributed by atoms with E-state index in [1.165, 1.54) is 12.1 Å². The Morgan fingerprint density at radius 2 is 1.64 bits per heavy atom. The number of ether oxygens (including phenoxy) is 1. The minimum Gasteiger partial charge on any atom is -0.493 e. The van der Waals surface area contributed by atoms with Gasteiger partial charge in [-0.2, -0.15) is 13.2 Å². The number of alkyl halides is 3. The maximum atomic E-state index is 13.6. The Morgan fingerprint density at radius 1 is 0.970 bits per heavy atom. The van der Waals surface area contributed by atoms with Crippen molar-refractivity contribution in [2.24, 2.45) is 5.73 Å². The number of fused-ring (bicyclic) bond motifs is 1. The highest BCUT2D eigenvalue weighted by atomic mass is 35.5. The molecule has 0 saturated carbocycles. The van der Waals surface area contributed by atoms with Crippen LogP contribution in [0.4, 0.5) is 13.2 Å². The van der Waals surface area contributed by atoms with E-state index in [0.29, 0.717) is 24.8 Å². The Hall–Kier alpha value is -2.13. The maximum absolute atomic E-state index is 13.6. The molecule has 4 N–H and O–H groups in total. The quantitative estimate of drug-likeness (QED) is 0.442. The summed E-state index contributed by atoms with van der Waals surface area (Å²) in [6, 6.07) is 9.57. The zero-order valence-corrected chi connectivity index (χ0v) is 19.0. The number of hydrogen-bond acceptors (Lipinski definition) is 5. The number of aliphatic hydroxyl groups is 2. The molecule has 0 atom stereocenters. The highest BCUT2D eigenvalue weighted by molar-refractivity contribution is 6.00. The number of aliphatic hydroxyl groups excluding tert-OH is 2. The summed E-state index contributed by atoms with van der Waals surface area (Å²) in [5.41, 5.74) is 6.94. The largest absolute Gasteiger partial charge is 0.493 e. The molecule has 0 radical (unpaired) electrons. The number of carbonyl (C=O) groups excluding carboxylic acids is 1. The molecule has 5 nitrogen and oxygen atoms in total. The molecule has 1 aliphatic carbocycles. The predicted molar refractivity (Wildman–Crippen MR) is 121 cm³/mol. The van der Waals surface area contributed by atoms with Gasteiger partial charge in [-0.15, -0.1) is 12.4 Å². The topological polar surface area (TPSA) is 92.8 Å². The molecule has 0 unspecified atom stereocenters. The van der Waals surface area contributed by atoms with Crippen LogP contribution in [0.2, 0.25) is 0 Å². The fraction of sp³-hybridized carbons (Fsp3) is 0.458. The van der Waals surface area contributed by atoms with Crippen LogP contribution >= 0.6 is 12.4 Å². The zero-order valence-electron chi connectivity index (χ0n) is 18.2. The first-order chi connectivity index (χ1) is 15.1. The van der Waals surface area contributed by atoms with Crippen molar-refractivity contribution in [3.8, 4) is 5.75 Å². The van der Waals surface area contributed by atoms with Crippen LogP contribution in [-0.2, 0) is 25.4 Å². The summed E-state index contributed by atoms with van der Waals surface area (Å²) in [5.74, 6) is -0.0768. The Morgan fingerprint density at radius 3 is 2.30 bits per heavy atom. The number of halogens is 4. The van der Waals surface area contributed by atoms with Crippen molar-refractivity contribution in [3.63, 3.8) is 0 Å². The molecule has 33 heavy (non-hydrogen) atoms. The van der Waals surface area contributed by atoms with Gasteiger partial charge in [0.2, 0.25) is 0 Å². The first kappa shape index (κ1) is 27.1. The smallest absolute Gasteiger partial charge is 0.419 e. The van der Waals surface area contributed by atoms with E-state index in [0.717, 1.165) is 29.2 Å². The van der Waals surface area contributed by atoms with E-state index in [9.17, 15) is 28.2 Å². The van der Waals surface area contributed by atoms with Crippen LogP contribution in [0.15, 0.2) is 36.4 Å². The van der Waals surface area contributed by atoms with Crippen molar-refractivity contribution in [3.05, 3.63) is 64.2 Å². The molecule has 2 aromatic carbocycles. The number of rotatable bonds is 10. The average Bonchev–Trinajstić information content (AvgIpc) is 3.15. The lowest BCUT2D eigenvalue weighted by Crippen LogP contribution is -2.47. The summed E-state index contributed by atoms with van der Waals surface area (Å²) in [5, 5.41) is 18.5. The fourth-order valence-electron chi connectivity index (χ4n) is 3.80. The van der Waals surface area contributed by atoms with Gasteiger partial charge in [0.15, 0.2) is 5.78 Å². The average molecular weight is 488 g/mol. The molecular weight excluding hydrogens is 459 g/mol. The Labute approximate surface area is 197 Å². The van der Waals surface area contributed by atoms with Crippen LogP contribution in [0.5, 0.6) is 5.75 Å². The second kappa shape index (κ2) is 11.3. The van der Waals surface area contributed by atoms with Crippen LogP contribution in [0, 0.1) is 0 Å². The van der Waals surface area contributed by atoms with Crippen LogP contribution in [0.25, 0.3) is 0 Å². The molecule has 0 amide bonds. The third kappa shape index (κ3) is 6.93. The van der Waals surface area contributed by atoms with Gasteiger partial charge in [-0.25, -0.2) is 0 Å². The summed E-state index contributed by atoms with van der Waals surface area (Å²) in [6.45, 7) is -0.798. The number of benzene rings is 2. The van der Waals surface area contributed by atoms with E-state index in [1.807, 2.05) is 18.2 Å².